The van der Waals surface area contributed by atoms with Gasteiger partial charge in [-0.05, 0) is 40.4 Å². The third kappa shape index (κ3) is 3.84. The molecule has 1 aromatic rings. The van der Waals surface area contributed by atoms with Crippen LogP contribution in [0.15, 0.2) is 22.8 Å². The van der Waals surface area contributed by atoms with Gasteiger partial charge in [-0.1, -0.05) is 6.92 Å². The van der Waals surface area contributed by atoms with Crippen LogP contribution >= 0.6 is 27.5 Å². The maximum absolute atomic E-state index is 5.66. The first-order valence-corrected chi connectivity index (χ1v) is 5.97. The molecule has 1 unspecified atom stereocenters. The average molecular weight is 278 g/mol. The Bertz CT molecular complexity index is 281. The maximum Gasteiger partial charge on any atom is 0.140 e. The second kappa shape index (κ2) is 6.25. The van der Waals surface area contributed by atoms with Crippen molar-refractivity contribution in [3.8, 4) is 0 Å². The molecule has 0 radical (unpaired) electrons. The number of nitrogens with one attached hydrogen (secondary N) is 1. The topological polar surface area (TPSA) is 24.9 Å². The van der Waals surface area contributed by atoms with E-state index < -0.39 is 0 Å². The molecule has 1 rings (SSSR count). The molecule has 0 aliphatic heterocycles. The van der Waals surface area contributed by atoms with E-state index in [9.17, 15) is 0 Å². The van der Waals surface area contributed by atoms with E-state index in [0.29, 0.717) is 11.8 Å². The lowest BCUT2D eigenvalue weighted by atomic mass is 10.1. The van der Waals surface area contributed by atoms with Crippen LogP contribution in [-0.2, 0) is 0 Å². The minimum Gasteiger partial charge on any atom is -0.369 e. The van der Waals surface area contributed by atoms with Gasteiger partial charge >= 0.3 is 0 Å². The first-order chi connectivity index (χ1) is 6.74. The molecule has 0 spiro atoms. The second-order valence-electron chi connectivity index (χ2n) is 3.30. The number of anilines is 1. The van der Waals surface area contributed by atoms with Crippen LogP contribution < -0.4 is 5.32 Å². The van der Waals surface area contributed by atoms with Crippen LogP contribution in [0, 0.1) is 5.92 Å². The zero-order valence-electron chi connectivity index (χ0n) is 8.13. The smallest absolute Gasteiger partial charge is 0.140 e. The molecule has 0 aliphatic rings. The van der Waals surface area contributed by atoms with E-state index in [1.165, 1.54) is 0 Å². The van der Waals surface area contributed by atoms with Gasteiger partial charge in [-0.15, -0.1) is 11.6 Å². The highest BCUT2D eigenvalue weighted by Gasteiger charge is 2.03. The summed E-state index contributed by atoms with van der Waals surface area (Å²) in [6, 6.07) is 3.87. The molecule has 1 N–H and O–H groups in total. The first-order valence-electron chi connectivity index (χ1n) is 4.64. The first kappa shape index (κ1) is 11.8. The van der Waals surface area contributed by atoms with Gasteiger partial charge in [-0.25, -0.2) is 4.98 Å². The van der Waals surface area contributed by atoms with Gasteiger partial charge in [0.15, 0.2) is 0 Å². The zero-order chi connectivity index (χ0) is 10.4. The van der Waals surface area contributed by atoms with Crippen molar-refractivity contribution in [2.45, 2.75) is 13.3 Å². The van der Waals surface area contributed by atoms with Gasteiger partial charge < -0.3 is 5.32 Å². The minimum absolute atomic E-state index is 0.571. The van der Waals surface area contributed by atoms with E-state index in [1.807, 2.05) is 12.1 Å². The van der Waals surface area contributed by atoms with Crippen molar-refractivity contribution in [1.29, 1.82) is 0 Å². The highest BCUT2D eigenvalue weighted by atomic mass is 79.9. The fourth-order valence-electron chi connectivity index (χ4n) is 1.07. The second-order valence-corrected chi connectivity index (χ2v) is 4.53. The summed E-state index contributed by atoms with van der Waals surface area (Å²) in [5, 5.41) is 3.28. The number of halogens is 2. The molecular formula is C10H14BrClN2. The molecule has 4 heteroatoms. The number of hydrogen-bond donors (Lipinski definition) is 1. The molecule has 0 saturated heterocycles. The number of rotatable bonds is 5. The summed E-state index contributed by atoms with van der Waals surface area (Å²) in [5.74, 6) is 2.18. The Morgan fingerprint density at radius 2 is 2.43 bits per heavy atom. The van der Waals surface area contributed by atoms with Crippen LogP contribution in [0.25, 0.3) is 0 Å². The van der Waals surface area contributed by atoms with Crippen LogP contribution in [0.5, 0.6) is 0 Å². The summed E-state index contributed by atoms with van der Waals surface area (Å²) in [7, 11) is 0. The lowest BCUT2D eigenvalue weighted by Gasteiger charge is -2.12. The molecule has 0 fully saturated rings. The molecule has 0 saturated carbocycles. The average Bonchev–Trinajstić information content (AvgIpc) is 2.17. The summed E-state index contributed by atoms with van der Waals surface area (Å²) in [6.45, 7) is 3.08. The molecule has 0 aliphatic carbocycles. The normalized spacial score (nSPS) is 12.5. The van der Waals surface area contributed by atoms with Gasteiger partial charge in [0.05, 0.1) is 4.47 Å². The van der Waals surface area contributed by atoms with Gasteiger partial charge in [0.2, 0.25) is 0 Å². The van der Waals surface area contributed by atoms with Crippen molar-refractivity contribution < 1.29 is 0 Å². The Balaban J connectivity index is 2.41. The number of alkyl halides is 1. The number of nitrogens with zero attached hydrogens (tertiary/aromatic N) is 1. The molecule has 1 aromatic heterocycles. The van der Waals surface area contributed by atoms with E-state index in [4.69, 9.17) is 11.6 Å². The van der Waals surface area contributed by atoms with Crippen molar-refractivity contribution in [2.75, 3.05) is 17.7 Å². The Morgan fingerprint density at radius 1 is 1.64 bits per heavy atom. The summed E-state index contributed by atoms with van der Waals surface area (Å²) in [6.07, 6.45) is 2.80. The standard InChI is InChI=1S/C10H14BrClN2/c1-8(4-5-12)7-14-10-9(11)3-2-6-13-10/h2-3,6,8H,4-5,7H2,1H3,(H,13,14). The lowest BCUT2D eigenvalue weighted by Crippen LogP contribution is -2.12. The van der Waals surface area contributed by atoms with E-state index >= 15 is 0 Å². The van der Waals surface area contributed by atoms with E-state index in [-0.39, 0.29) is 0 Å². The van der Waals surface area contributed by atoms with Gasteiger partial charge in [-0.3, -0.25) is 0 Å². The van der Waals surface area contributed by atoms with Crippen LogP contribution in [0.2, 0.25) is 0 Å². The van der Waals surface area contributed by atoms with Gasteiger partial charge in [-0.2, -0.15) is 0 Å². The van der Waals surface area contributed by atoms with E-state index in [0.717, 1.165) is 23.3 Å². The van der Waals surface area contributed by atoms with Crippen LogP contribution in [0.1, 0.15) is 13.3 Å². The van der Waals surface area contributed by atoms with E-state index in [2.05, 4.69) is 33.2 Å². The van der Waals surface area contributed by atoms with Crippen molar-refractivity contribution in [3.05, 3.63) is 22.8 Å². The molecule has 2 nitrogen and oxygen atoms in total. The van der Waals surface area contributed by atoms with Crippen molar-refractivity contribution in [1.82, 2.24) is 4.98 Å². The van der Waals surface area contributed by atoms with Crippen molar-refractivity contribution in [2.24, 2.45) is 5.92 Å². The van der Waals surface area contributed by atoms with Crippen LogP contribution in [-0.4, -0.2) is 17.4 Å². The highest BCUT2D eigenvalue weighted by Crippen LogP contribution is 2.18. The molecule has 0 bridgehead atoms. The van der Waals surface area contributed by atoms with Gasteiger partial charge in [0.25, 0.3) is 0 Å². The SMILES string of the molecule is CC(CCCl)CNc1ncccc1Br. The Labute approximate surface area is 98.2 Å². The Kier molecular flexibility index (Phi) is 5.26. The molecular weight excluding hydrogens is 263 g/mol. The predicted octanol–water partition coefficient (Wildman–Crippen LogP) is 3.52. The summed E-state index contributed by atoms with van der Waals surface area (Å²) >= 11 is 9.09. The molecule has 0 amide bonds. The lowest BCUT2D eigenvalue weighted by molar-refractivity contribution is 0.596. The Morgan fingerprint density at radius 3 is 3.07 bits per heavy atom. The summed E-state index contributed by atoms with van der Waals surface area (Å²) in [5.41, 5.74) is 0. The van der Waals surface area contributed by atoms with Crippen LogP contribution in [0.4, 0.5) is 5.82 Å². The third-order valence-corrected chi connectivity index (χ3v) is 2.84. The number of pyridine rings is 1. The van der Waals surface area contributed by atoms with Crippen molar-refractivity contribution >= 4 is 33.3 Å². The number of hydrogen-bond acceptors (Lipinski definition) is 2. The summed E-state index contributed by atoms with van der Waals surface area (Å²) < 4.78 is 0.998. The quantitative estimate of drug-likeness (QED) is 0.833. The fourth-order valence-corrected chi connectivity index (χ4v) is 1.84. The zero-order valence-corrected chi connectivity index (χ0v) is 10.5. The summed E-state index contributed by atoms with van der Waals surface area (Å²) in [4.78, 5) is 4.22. The maximum atomic E-state index is 5.66. The fraction of sp³-hybridized carbons (Fsp3) is 0.500. The molecule has 78 valence electrons. The van der Waals surface area contributed by atoms with Crippen molar-refractivity contribution in [3.63, 3.8) is 0 Å². The monoisotopic (exact) mass is 276 g/mol. The van der Waals surface area contributed by atoms with Gasteiger partial charge in [0.1, 0.15) is 5.82 Å². The largest absolute Gasteiger partial charge is 0.369 e. The minimum atomic E-state index is 0.571. The molecule has 0 aromatic carbocycles. The molecule has 1 heterocycles. The third-order valence-electron chi connectivity index (χ3n) is 1.98. The predicted molar refractivity (Wildman–Crippen MR) is 64.9 cm³/mol. The van der Waals surface area contributed by atoms with E-state index in [1.54, 1.807) is 6.20 Å². The number of aromatic nitrogens is 1. The highest BCUT2D eigenvalue weighted by molar-refractivity contribution is 9.10. The Hall–Kier alpha value is -0.280. The van der Waals surface area contributed by atoms with Gasteiger partial charge in [0, 0.05) is 18.6 Å². The molecule has 1 atom stereocenters. The van der Waals surface area contributed by atoms with Crippen LogP contribution in [0.3, 0.4) is 0 Å². The molecule has 14 heavy (non-hydrogen) atoms.